The number of hydrogen-bond acceptors (Lipinski definition) is 5. The summed E-state index contributed by atoms with van der Waals surface area (Å²) >= 11 is 1.60. The van der Waals surface area contributed by atoms with Gasteiger partial charge in [-0.15, -0.1) is 11.8 Å². The number of carbonyl (C=O) groups excluding carboxylic acids is 1. The highest BCUT2D eigenvalue weighted by molar-refractivity contribution is 7.99. The Balaban J connectivity index is 2.43. The fraction of sp³-hybridized carbons (Fsp3) is 0.455. The molecule has 0 aromatic carbocycles. The summed E-state index contributed by atoms with van der Waals surface area (Å²) in [5.41, 5.74) is 0. The van der Waals surface area contributed by atoms with Gasteiger partial charge in [-0.25, -0.2) is 0 Å². The molecule has 1 N–H and O–H groups in total. The second-order valence-corrected chi connectivity index (χ2v) is 4.18. The van der Waals surface area contributed by atoms with Crippen molar-refractivity contribution in [3.05, 3.63) is 24.5 Å². The Kier molecular flexibility index (Phi) is 5.88. The molecular formula is C11H16N2O2S. The average Bonchev–Trinajstić information content (AvgIpc) is 2.31. The number of thioether (sulfide) groups is 1. The number of ether oxygens (including phenoxy) is 1. The van der Waals surface area contributed by atoms with E-state index in [9.17, 15) is 4.79 Å². The molecule has 1 aromatic heterocycles. The third-order valence-electron chi connectivity index (χ3n) is 1.99. The van der Waals surface area contributed by atoms with E-state index < -0.39 is 0 Å². The Morgan fingerprint density at radius 1 is 1.56 bits per heavy atom. The second-order valence-electron chi connectivity index (χ2n) is 3.09. The van der Waals surface area contributed by atoms with Gasteiger partial charge in [0, 0.05) is 23.0 Å². The first-order valence-electron chi connectivity index (χ1n) is 5.14. The maximum Gasteiger partial charge on any atom is 0.323 e. The molecule has 0 fully saturated rings. The fourth-order valence-corrected chi connectivity index (χ4v) is 2.10. The van der Waals surface area contributed by atoms with Crippen LogP contribution in [0.3, 0.4) is 0 Å². The van der Waals surface area contributed by atoms with Crippen LogP contribution in [0.5, 0.6) is 0 Å². The molecule has 1 atom stereocenters. The van der Waals surface area contributed by atoms with Gasteiger partial charge in [-0.1, -0.05) is 0 Å². The normalized spacial score (nSPS) is 12.1. The monoisotopic (exact) mass is 240 g/mol. The van der Waals surface area contributed by atoms with E-state index in [0.29, 0.717) is 12.4 Å². The van der Waals surface area contributed by atoms with E-state index in [0.717, 1.165) is 4.90 Å². The van der Waals surface area contributed by atoms with Crippen LogP contribution >= 0.6 is 11.8 Å². The number of nitrogens with zero attached hydrogens (tertiary/aromatic N) is 1. The molecule has 0 aliphatic carbocycles. The lowest BCUT2D eigenvalue weighted by molar-refractivity contribution is -0.144. The van der Waals surface area contributed by atoms with Crippen LogP contribution in [-0.2, 0) is 9.53 Å². The number of esters is 1. The topological polar surface area (TPSA) is 51.2 Å². The molecule has 0 spiro atoms. The highest BCUT2D eigenvalue weighted by atomic mass is 32.2. The summed E-state index contributed by atoms with van der Waals surface area (Å²) < 4.78 is 4.96. The van der Waals surface area contributed by atoms with Gasteiger partial charge in [0.2, 0.25) is 0 Å². The predicted octanol–water partition coefficient (Wildman–Crippen LogP) is 1.32. The Morgan fingerprint density at radius 2 is 2.25 bits per heavy atom. The molecule has 1 heterocycles. The number of pyridine rings is 1. The van der Waals surface area contributed by atoms with Crippen LogP contribution in [0.15, 0.2) is 29.4 Å². The van der Waals surface area contributed by atoms with E-state index in [4.69, 9.17) is 4.74 Å². The van der Waals surface area contributed by atoms with Crippen molar-refractivity contribution in [1.29, 1.82) is 0 Å². The Labute approximate surface area is 99.8 Å². The quantitative estimate of drug-likeness (QED) is 0.600. The van der Waals surface area contributed by atoms with Gasteiger partial charge in [-0.3, -0.25) is 9.78 Å². The Hall–Kier alpha value is -1.07. The third-order valence-corrected chi connectivity index (χ3v) is 3.09. The molecule has 0 amide bonds. The first kappa shape index (κ1) is 13.0. The molecule has 0 aliphatic heterocycles. The average molecular weight is 240 g/mol. The van der Waals surface area contributed by atoms with E-state index in [1.54, 1.807) is 38.1 Å². The van der Waals surface area contributed by atoms with E-state index in [1.807, 2.05) is 12.1 Å². The minimum Gasteiger partial charge on any atom is -0.465 e. The van der Waals surface area contributed by atoms with Crippen molar-refractivity contribution < 1.29 is 9.53 Å². The smallest absolute Gasteiger partial charge is 0.323 e. The van der Waals surface area contributed by atoms with Crippen molar-refractivity contribution in [2.24, 2.45) is 0 Å². The SMILES string of the molecule is CCOC(=O)C(CSc1ccncc1)NC. The lowest BCUT2D eigenvalue weighted by Crippen LogP contribution is -2.37. The van der Waals surface area contributed by atoms with Crippen LogP contribution in [-0.4, -0.2) is 36.4 Å². The molecule has 0 saturated heterocycles. The first-order chi connectivity index (χ1) is 7.77. The first-order valence-corrected chi connectivity index (χ1v) is 6.13. The molecule has 16 heavy (non-hydrogen) atoms. The number of likely N-dealkylation sites (N-methyl/N-ethyl adjacent to an activating group) is 1. The summed E-state index contributed by atoms with van der Waals surface area (Å²) in [5, 5.41) is 2.95. The Bertz CT molecular complexity index is 319. The Morgan fingerprint density at radius 3 is 2.81 bits per heavy atom. The van der Waals surface area contributed by atoms with Gasteiger partial charge in [0.05, 0.1) is 6.61 Å². The largest absolute Gasteiger partial charge is 0.465 e. The second kappa shape index (κ2) is 7.24. The molecule has 88 valence electrons. The van der Waals surface area contributed by atoms with Gasteiger partial charge >= 0.3 is 5.97 Å². The van der Waals surface area contributed by atoms with Gasteiger partial charge in [-0.2, -0.15) is 0 Å². The summed E-state index contributed by atoms with van der Waals surface area (Å²) in [6, 6.07) is 3.57. The zero-order valence-corrected chi connectivity index (χ0v) is 10.3. The van der Waals surface area contributed by atoms with Crippen LogP contribution in [0.2, 0.25) is 0 Å². The molecular weight excluding hydrogens is 224 g/mol. The lowest BCUT2D eigenvalue weighted by Gasteiger charge is -2.13. The van der Waals surface area contributed by atoms with E-state index in [1.165, 1.54) is 0 Å². The van der Waals surface area contributed by atoms with Gasteiger partial charge in [0.25, 0.3) is 0 Å². The minimum absolute atomic E-state index is 0.202. The number of nitrogens with one attached hydrogen (secondary N) is 1. The summed E-state index contributed by atoms with van der Waals surface area (Å²) in [4.78, 5) is 16.5. The molecule has 0 radical (unpaired) electrons. The summed E-state index contributed by atoms with van der Waals surface area (Å²) in [6.45, 7) is 2.22. The molecule has 0 aliphatic rings. The zero-order valence-electron chi connectivity index (χ0n) is 9.47. The van der Waals surface area contributed by atoms with Crippen LogP contribution in [0.1, 0.15) is 6.92 Å². The summed E-state index contributed by atoms with van der Waals surface area (Å²) in [5.74, 6) is 0.450. The maximum atomic E-state index is 11.5. The number of carbonyl (C=O) groups is 1. The third kappa shape index (κ3) is 4.20. The zero-order chi connectivity index (χ0) is 11.8. The van der Waals surface area contributed by atoms with Crippen molar-refractivity contribution in [3.8, 4) is 0 Å². The molecule has 0 saturated carbocycles. The molecule has 1 unspecified atom stereocenters. The molecule has 5 heteroatoms. The van der Waals surface area contributed by atoms with Gasteiger partial charge in [-0.05, 0) is 26.1 Å². The highest BCUT2D eigenvalue weighted by Gasteiger charge is 2.17. The highest BCUT2D eigenvalue weighted by Crippen LogP contribution is 2.17. The number of hydrogen-bond donors (Lipinski definition) is 1. The molecule has 0 bridgehead atoms. The summed E-state index contributed by atoms with van der Waals surface area (Å²) in [6.07, 6.45) is 3.47. The van der Waals surface area contributed by atoms with E-state index in [2.05, 4.69) is 10.3 Å². The maximum absolute atomic E-state index is 11.5. The van der Waals surface area contributed by atoms with Gasteiger partial charge in [0.1, 0.15) is 6.04 Å². The fourth-order valence-electron chi connectivity index (χ4n) is 1.13. The minimum atomic E-state index is -0.266. The molecule has 4 nitrogen and oxygen atoms in total. The van der Waals surface area contributed by atoms with Crippen LogP contribution < -0.4 is 5.32 Å². The van der Waals surface area contributed by atoms with Crippen LogP contribution in [0, 0.1) is 0 Å². The molecule has 1 aromatic rings. The lowest BCUT2D eigenvalue weighted by atomic mass is 10.3. The van der Waals surface area contributed by atoms with Crippen LogP contribution in [0.4, 0.5) is 0 Å². The van der Waals surface area contributed by atoms with Crippen molar-refractivity contribution in [3.63, 3.8) is 0 Å². The number of rotatable bonds is 6. The van der Waals surface area contributed by atoms with Crippen molar-refractivity contribution in [2.45, 2.75) is 17.9 Å². The standard InChI is InChI=1S/C11H16N2O2S/c1-3-15-11(14)10(12-2)8-16-9-4-6-13-7-5-9/h4-7,10,12H,3,8H2,1-2H3. The van der Waals surface area contributed by atoms with E-state index >= 15 is 0 Å². The predicted molar refractivity (Wildman–Crippen MR) is 64.4 cm³/mol. The van der Waals surface area contributed by atoms with Crippen molar-refractivity contribution in [1.82, 2.24) is 10.3 Å². The van der Waals surface area contributed by atoms with Gasteiger partial charge in [0.15, 0.2) is 0 Å². The number of aromatic nitrogens is 1. The van der Waals surface area contributed by atoms with Crippen molar-refractivity contribution >= 4 is 17.7 Å². The van der Waals surface area contributed by atoms with E-state index in [-0.39, 0.29) is 12.0 Å². The van der Waals surface area contributed by atoms with Gasteiger partial charge < -0.3 is 10.1 Å². The summed E-state index contributed by atoms with van der Waals surface area (Å²) in [7, 11) is 1.76. The van der Waals surface area contributed by atoms with Crippen LogP contribution in [0.25, 0.3) is 0 Å². The molecule has 1 rings (SSSR count). The van der Waals surface area contributed by atoms with Crippen molar-refractivity contribution in [2.75, 3.05) is 19.4 Å².